The highest BCUT2D eigenvalue weighted by Gasteiger charge is 2.48. The SMILES string of the molecule is O=C(c1cccnc1)N1CC[C@]2(CC(=O)N(c3cccc(F)c3)C2)C1. The average Bonchev–Trinajstić information content (AvgIpc) is 3.18. The maximum Gasteiger partial charge on any atom is 0.255 e. The molecule has 1 aromatic carbocycles. The van der Waals surface area contributed by atoms with Crippen LogP contribution in [-0.4, -0.2) is 41.3 Å². The summed E-state index contributed by atoms with van der Waals surface area (Å²) in [6.07, 6.45) is 4.36. The number of carbonyl (C=O) groups excluding carboxylic acids is 2. The van der Waals surface area contributed by atoms with Gasteiger partial charge in [0.1, 0.15) is 5.82 Å². The Labute approximate surface area is 145 Å². The molecule has 2 fully saturated rings. The summed E-state index contributed by atoms with van der Waals surface area (Å²) in [5, 5.41) is 0. The number of benzene rings is 1. The topological polar surface area (TPSA) is 53.5 Å². The summed E-state index contributed by atoms with van der Waals surface area (Å²) in [5.41, 5.74) is 0.895. The second-order valence-corrected chi connectivity index (χ2v) is 6.85. The fourth-order valence-electron chi connectivity index (χ4n) is 3.83. The van der Waals surface area contributed by atoms with Crippen molar-refractivity contribution in [3.63, 3.8) is 0 Å². The lowest BCUT2D eigenvalue weighted by Crippen LogP contribution is -2.34. The number of hydrogen-bond acceptors (Lipinski definition) is 3. The van der Waals surface area contributed by atoms with E-state index in [-0.39, 0.29) is 23.0 Å². The molecule has 3 heterocycles. The number of halogens is 1. The van der Waals surface area contributed by atoms with Crippen molar-refractivity contribution in [1.82, 2.24) is 9.88 Å². The predicted octanol–water partition coefficient (Wildman–Crippen LogP) is 2.49. The Hall–Kier alpha value is -2.76. The predicted molar refractivity (Wildman–Crippen MR) is 90.6 cm³/mol. The standard InChI is InChI=1S/C19H18FN3O2/c20-15-4-1-5-16(9-15)23-13-19(10-17(23)24)6-8-22(12-19)18(25)14-3-2-7-21-11-14/h1-5,7,9,11H,6,8,10,12-13H2/t19-/m0/s1. The van der Waals surface area contributed by atoms with E-state index in [1.807, 2.05) is 0 Å². The largest absolute Gasteiger partial charge is 0.338 e. The third kappa shape index (κ3) is 2.88. The van der Waals surface area contributed by atoms with E-state index in [2.05, 4.69) is 4.98 Å². The van der Waals surface area contributed by atoms with E-state index in [0.717, 1.165) is 6.42 Å². The number of nitrogens with zero attached hydrogens (tertiary/aromatic N) is 3. The molecule has 1 spiro atoms. The normalized spacial score (nSPS) is 22.8. The highest BCUT2D eigenvalue weighted by molar-refractivity contribution is 5.97. The maximum atomic E-state index is 13.5. The van der Waals surface area contributed by atoms with Gasteiger partial charge in [-0.05, 0) is 36.8 Å². The monoisotopic (exact) mass is 339 g/mol. The minimum absolute atomic E-state index is 0.0127. The summed E-state index contributed by atoms with van der Waals surface area (Å²) in [6, 6.07) is 9.58. The van der Waals surface area contributed by atoms with Gasteiger partial charge in [-0.3, -0.25) is 14.6 Å². The first-order valence-electron chi connectivity index (χ1n) is 8.32. The number of anilines is 1. The number of likely N-dealkylation sites (tertiary alicyclic amines) is 1. The van der Waals surface area contributed by atoms with Gasteiger partial charge >= 0.3 is 0 Å². The van der Waals surface area contributed by atoms with Gasteiger partial charge in [-0.1, -0.05) is 6.07 Å². The van der Waals surface area contributed by atoms with Crippen LogP contribution in [0.15, 0.2) is 48.8 Å². The molecule has 1 atom stereocenters. The molecule has 0 radical (unpaired) electrons. The zero-order chi connectivity index (χ0) is 17.4. The van der Waals surface area contributed by atoms with Crippen LogP contribution >= 0.6 is 0 Å². The van der Waals surface area contributed by atoms with Crippen LogP contribution in [0.1, 0.15) is 23.2 Å². The Bertz CT molecular complexity index is 826. The molecule has 0 bridgehead atoms. The Morgan fingerprint density at radius 2 is 2.08 bits per heavy atom. The number of rotatable bonds is 2. The molecular formula is C19H18FN3O2. The zero-order valence-electron chi connectivity index (χ0n) is 13.7. The smallest absolute Gasteiger partial charge is 0.255 e. The van der Waals surface area contributed by atoms with Gasteiger partial charge in [0, 0.05) is 49.6 Å². The van der Waals surface area contributed by atoms with E-state index in [1.165, 1.54) is 12.1 Å². The molecule has 0 unspecified atom stereocenters. The number of hydrogen-bond donors (Lipinski definition) is 0. The fourth-order valence-corrected chi connectivity index (χ4v) is 3.83. The quantitative estimate of drug-likeness (QED) is 0.845. The highest BCUT2D eigenvalue weighted by Crippen LogP contribution is 2.42. The summed E-state index contributed by atoms with van der Waals surface area (Å²) >= 11 is 0. The van der Waals surface area contributed by atoms with Gasteiger partial charge in [0.15, 0.2) is 0 Å². The first-order valence-corrected chi connectivity index (χ1v) is 8.32. The lowest BCUT2D eigenvalue weighted by molar-refractivity contribution is -0.117. The first-order chi connectivity index (χ1) is 12.1. The van der Waals surface area contributed by atoms with E-state index >= 15 is 0 Å². The van der Waals surface area contributed by atoms with Gasteiger partial charge in [-0.2, -0.15) is 0 Å². The van der Waals surface area contributed by atoms with E-state index in [9.17, 15) is 14.0 Å². The molecule has 2 aliphatic heterocycles. The van der Waals surface area contributed by atoms with Crippen molar-refractivity contribution < 1.29 is 14.0 Å². The molecule has 25 heavy (non-hydrogen) atoms. The van der Waals surface area contributed by atoms with Crippen molar-refractivity contribution in [2.75, 3.05) is 24.5 Å². The Kier molecular flexibility index (Phi) is 3.75. The Morgan fingerprint density at radius 1 is 1.20 bits per heavy atom. The summed E-state index contributed by atoms with van der Waals surface area (Å²) in [4.78, 5) is 32.5. The van der Waals surface area contributed by atoms with E-state index < -0.39 is 0 Å². The van der Waals surface area contributed by atoms with Gasteiger partial charge < -0.3 is 9.80 Å². The van der Waals surface area contributed by atoms with E-state index in [1.54, 1.807) is 46.5 Å². The molecule has 2 aliphatic rings. The summed E-state index contributed by atoms with van der Waals surface area (Å²) in [5.74, 6) is -0.422. The lowest BCUT2D eigenvalue weighted by Gasteiger charge is -2.24. The van der Waals surface area contributed by atoms with Crippen molar-refractivity contribution >= 4 is 17.5 Å². The maximum absolute atomic E-state index is 13.5. The number of amides is 2. The Balaban J connectivity index is 1.51. The van der Waals surface area contributed by atoms with Crippen LogP contribution in [0.5, 0.6) is 0 Å². The molecule has 4 rings (SSSR count). The fraction of sp³-hybridized carbons (Fsp3) is 0.316. The van der Waals surface area contributed by atoms with Gasteiger partial charge in [0.25, 0.3) is 5.91 Å². The number of aromatic nitrogens is 1. The minimum atomic E-state index is -0.356. The van der Waals surface area contributed by atoms with Gasteiger partial charge in [0.05, 0.1) is 5.56 Å². The van der Waals surface area contributed by atoms with Crippen molar-refractivity contribution in [3.05, 3.63) is 60.2 Å². The van der Waals surface area contributed by atoms with Crippen LogP contribution in [0, 0.1) is 11.2 Å². The molecular weight excluding hydrogens is 321 g/mol. The molecule has 128 valence electrons. The third-order valence-corrected chi connectivity index (χ3v) is 5.07. The highest BCUT2D eigenvalue weighted by atomic mass is 19.1. The zero-order valence-corrected chi connectivity index (χ0v) is 13.7. The van der Waals surface area contributed by atoms with Crippen LogP contribution in [-0.2, 0) is 4.79 Å². The average molecular weight is 339 g/mol. The number of pyridine rings is 1. The molecule has 0 aliphatic carbocycles. The van der Waals surface area contributed by atoms with Gasteiger partial charge in [-0.15, -0.1) is 0 Å². The summed E-state index contributed by atoms with van der Waals surface area (Å²) < 4.78 is 13.5. The van der Waals surface area contributed by atoms with Gasteiger partial charge in [0.2, 0.25) is 5.91 Å². The van der Waals surface area contributed by atoms with Crippen LogP contribution in [0.4, 0.5) is 10.1 Å². The third-order valence-electron chi connectivity index (χ3n) is 5.07. The second-order valence-electron chi connectivity index (χ2n) is 6.85. The van der Waals surface area contributed by atoms with Crippen LogP contribution < -0.4 is 4.90 Å². The van der Waals surface area contributed by atoms with Crippen LogP contribution in [0.2, 0.25) is 0 Å². The van der Waals surface area contributed by atoms with Gasteiger partial charge in [-0.25, -0.2) is 4.39 Å². The van der Waals surface area contributed by atoms with Crippen molar-refractivity contribution in [2.45, 2.75) is 12.8 Å². The summed E-state index contributed by atoms with van der Waals surface area (Å²) in [6.45, 7) is 1.68. The number of carbonyl (C=O) groups is 2. The molecule has 0 N–H and O–H groups in total. The minimum Gasteiger partial charge on any atom is -0.338 e. The van der Waals surface area contributed by atoms with E-state index in [4.69, 9.17) is 0 Å². The molecule has 1 aromatic heterocycles. The Morgan fingerprint density at radius 3 is 2.84 bits per heavy atom. The molecule has 2 saturated heterocycles. The molecule has 2 aromatic rings. The molecule has 5 nitrogen and oxygen atoms in total. The van der Waals surface area contributed by atoms with E-state index in [0.29, 0.717) is 37.3 Å². The molecule has 2 amide bonds. The second kappa shape index (κ2) is 5.95. The van der Waals surface area contributed by atoms with Crippen molar-refractivity contribution in [2.24, 2.45) is 5.41 Å². The molecule has 6 heteroatoms. The van der Waals surface area contributed by atoms with Crippen molar-refractivity contribution in [3.8, 4) is 0 Å². The van der Waals surface area contributed by atoms with Crippen molar-refractivity contribution in [1.29, 1.82) is 0 Å². The van der Waals surface area contributed by atoms with Crippen LogP contribution in [0.25, 0.3) is 0 Å². The summed E-state index contributed by atoms with van der Waals surface area (Å²) in [7, 11) is 0. The molecule has 0 saturated carbocycles. The lowest BCUT2D eigenvalue weighted by atomic mass is 9.86. The van der Waals surface area contributed by atoms with Crippen LogP contribution in [0.3, 0.4) is 0 Å². The first kappa shape index (κ1) is 15.7.